The van der Waals surface area contributed by atoms with Crippen LogP contribution in [0, 0.1) is 0 Å². The lowest BCUT2D eigenvalue weighted by molar-refractivity contribution is -0.120. The van der Waals surface area contributed by atoms with Crippen LogP contribution in [0.3, 0.4) is 0 Å². The zero-order valence-electron chi connectivity index (χ0n) is 7.41. The summed E-state index contributed by atoms with van der Waals surface area (Å²) < 4.78 is 4.80. The molecule has 0 aromatic rings. The van der Waals surface area contributed by atoms with Gasteiger partial charge in [-0.15, -0.1) is 0 Å². The lowest BCUT2D eigenvalue weighted by Gasteiger charge is -2.18. The topological polar surface area (TPSA) is 84.6 Å². The highest BCUT2D eigenvalue weighted by Gasteiger charge is 2.14. The monoisotopic (exact) mass is 176 g/mol. The highest BCUT2D eigenvalue weighted by Crippen LogP contribution is 1.87. The SMILES string of the molecule is COCC(CO)NC(C)C(N)=O. The Kier molecular flexibility index (Phi) is 5.61. The maximum absolute atomic E-state index is 10.6. The summed E-state index contributed by atoms with van der Waals surface area (Å²) in [5.41, 5.74) is 5.01. The van der Waals surface area contributed by atoms with Crippen LogP contribution in [-0.4, -0.2) is 43.4 Å². The predicted octanol–water partition coefficient (Wildman–Crippen LogP) is -1.54. The van der Waals surface area contributed by atoms with Crippen molar-refractivity contribution in [2.24, 2.45) is 5.73 Å². The number of primary amides is 1. The van der Waals surface area contributed by atoms with Gasteiger partial charge in [0.15, 0.2) is 0 Å². The molecule has 1 amide bonds. The molecule has 0 aromatic carbocycles. The standard InChI is InChI=1S/C7H16N2O3/c1-5(7(8)11)9-6(3-10)4-12-2/h5-6,9-10H,3-4H2,1-2H3,(H2,8,11). The van der Waals surface area contributed by atoms with Crippen molar-refractivity contribution in [3.8, 4) is 0 Å². The lowest BCUT2D eigenvalue weighted by Crippen LogP contribution is -2.47. The first-order valence-electron chi connectivity index (χ1n) is 3.77. The maximum Gasteiger partial charge on any atom is 0.234 e. The summed E-state index contributed by atoms with van der Waals surface area (Å²) in [6, 6.07) is -0.685. The number of carbonyl (C=O) groups excluding carboxylic acids is 1. The van der Waals surface area contributed by atoms with E-state index >= 15 is 0 Å². The molecule has 0 aliphatic heterocycles. The second-order valence-corrected chi connectivity index (χ2v) is 2.63. The highest BCUT2D eigenvalue weighted by atomic mass is 16.5. The molecular formula is C7H16N2O3. The fourth-order valence-corrected chi connectivity index (χ4v) is 0.790. The summed E-state index contributed by atoms with van der Waals surface area (Å²) in [4.78, 5) is 10.6. The molecule has 12 heavy (non-hydrogen) atoms. The number of carbonyl (C=O) groups is 1. The minimum atomic E-state index is -0.447. The molecule has 5 heteroatoms. The van der Waals surface area contributed by atoms with E-state index in [1.165, 1.54) is 7.11 Å². The summed E-state index contributed by atoms with van der Waals surface area (Å²) in [5, 5.41) is 11.6. The van der Waals surface area contributed by atoms with E-state index in [2.05, 4.69) is 5.32 Å². The summed E-state index contributed by atoms with van der Waals surface area (Å²) in [6.45, 7) is 1.92. The van der Waals surface area contributed by atoms with Gasteiger partial charge >= 0.3 is 0 Å². The number of ether oxygens (including phenoxy) is 1. The summed E-state index contributed by atoms with van der Waals surface area (Å²) >= 11 is 0. The van der Waals surface area contributed by atoms with Gasteiger partial charge < -0.3 is 15.6 Å². The molecule has 0 saturated carbocycles. The number of nitrogens with two attached hydrogens (primary N) is 1. The summed E-state index contributed by atoms with van der Waals surface area (Å²) in [5.74, 6) is -0.440. The first-order chi connectivity index (χ1) is 5.61. The molecule has 0 aliphatic carbocycles. The zero-order chi connectivity index (χ0) is 9.56. The van der Waals surface area contributed by atoms with Crippen molar-refractivity contribution in [3.05, 3.63) is 0 Å². The number of amides is 1. The minimum Gasteiger partial charge on any atom is -0.395 e. The normalized spacial score (nSPS) is 15.6. The molecular weight excluding hydrogens is 160 g/mol. The van der Waals surface area contributed by atoms with Gasteiger partial charge in [0.25, 0.3) is 0 Å². The lowest BCUT2D eigenvalue weighted by atomic mass is 10.2. The van der Waals surface area contributed by atoms with Crippen molar-refractivity contribution in [1.29, 1.82) is 0 Å². The number of hydrogen-bond donors (Lipinski definition) is 3. The number of rotatable bonds is 6. The predicted molar refractivity (Wildman–Crippen MR) is 44.5 cm³/mol. The maximum atomic E-state index is 10.6. The Morgan fingerprint density at radius 1 is 1.75 bits per heavy atom. The molecule has 0 saturated heterocycles. The van der Waals surface area contributed by atoms with E-state index in [0.717, 1.165) is 0 Å². The first-order valence-corrected chi connectivity index (χ1v) is 3.77. The molecule has 2 unspecified atom stereocenters. The van der Waals surface area contributed by atoms with Gasteiger partial charge in [0.05, 0.1) is 25.3 Å². The number of methoxy groups -OCH3 is 1. The molecule has 0 rings (SSSR count). The Hall–Kier alpha value is -0.650. The summed E-state index contributed by atoms with van der Waals surface area (Å²) in [6.07, 6.45) is 0. The van der Waals surface area contributed by atoms with Crippen molar-refractivity contribution in [3.63, 3.8) is 0 Å². The molecule has 0 heterocycles. The van der Waals surface area contributed by atoms with Crippen LogP contribution in [0.1, 0.15) is 6.92 Å². The van der Waals surface area contributed by atoms with Crippen molar-refractivity contribution in [2.75, 3.05) is 20.3 Å². The highest BCUT2D eigenvalue weighted by molar-refractivity contribution is 5.79. The average molecular weight is 176 g/mol. The Bertz CT molecular complexity index is 141. The van der Waals surface area contributed by atoms with E-state index < -0.39 is 11.9 Å². The molecule has 72 valence electrons. The van der Waals surface area contributed by atoms with Crippen LogP contribution in [0.4, 0.5) is 0 Å². The molecule has 0 aliphatic rings. The molecule has 0 aromatic heterocycles. The van der Waals surface area contributed by atoms with Gasteiger partial charge in [-0.25, -0.2) is 0 Å². The van der Waals surface area contributed by atoms with Crippen LogP contribution in [0.2, 0.25) is 0 Å². The van der Waals surface area contributed by atoms with Crippen LogP contribution in [-0.2, 0) is 9.53 Å². The third-order valence-electron chi connectivity index (χ3n) is 1.50. The van der Waals surface area contributed by atoms with Crippen LogP contribution < -0.4 is 11.1 Å². The van der Waals surface area contributed by atoms with Crippen LogP contribution in [0.25, 0.3) is 0 Å². The molecule has 0 bridgehead atoms. The van der Waals surface area contributed by atoms with Gasteiger partial charge in [-0.1, -0.05) is 0 Å². The molecule has 5 nitrogen and oxygen atoms in total. The zero-order valence-corrected chi connectivity index (χ0v) is 7.41. The fourth-order valence-electron chi connectivity index (χ4n) is 0.790. The van der Waals surface area contributed by atoms with Crippen molar-refractivity contribution in [2.45, 2.75) is 19.0 Å². The fraction of sp³-hybridized carbons (Fsp3) is 0.857. The molecule has 0 radical (unpaired) electrons. The third-order valence-corrected chi connectivity index (χ3v) is 1.50. The Morgan fingerprint density at radius 3 is 2.67 bits per heavy atom. The van der Waals surface area contributed by atoms with E-state index in [1.807, 2.05) is 0 Å². The minimum absolute atomic E-state index is 0.0779. The van der Waals surface area contributed by atoms with Crippen molar-refractivity contribution in [1.82, 2.24) is 5.32 Å². The van der Waals surface area contributed by atoms with E-state index in [0.29, 0.717) is 6.61 Å². The van der Waals surface area contributed by atoms with Gasteiger partial charge in [-0.2, -0.15) is 0 Å². The van der Waals surface area contributed by atoms with Gasteiger partial charge in [0, 0.05) is 7.11 Å². The van der Waals surface area contributed by atoms with E-state index in [4.69, 9.17) is 15.6 Å². The smallest absolute Gasteiger partial charge is 0.234 e. The number of nitrogens with one attached hydrogen (secondary N) is 1. The van der Waals surface area contributed by atoms with E-state index in [1.54, 1.807) is 6.92 Å². The van der Waals surface area contributed by atoms with Crippen LogP contribution >= 0.6 is 0 Å². The van der Waals surface area contributed by atoms with Crippen molar-refractivity contribution >= 4 is 5.91 Å². The Balaban J connectivity index is 3.76. The molecule has 2 atom stereocenters. The molecule has 4 N–H and O–H groups in total. The van der Waals surface area contributed by atoms with Gasteiger partial charge in [0.2, 0.25) is 5.91 Å². The number of aliphatic hydroxyl groups is 1. The van der Waals surface area contributed by atoms with Crippen LogP contribution in [0.15, 0.2) is 0 Å². The third kappa shape index (κ3) is 4.27. The number of aliphatic hydroxyl groups excluding tert-OH is 1. The van der Waals surface area contributed by atoms with Gasteiger partial charge in [0.1, 0.15) is 0 Å². The number of hydrogen-bond acceptors (Lipinski definition) is 4. The Labute approximate surface area is 71.9 Å². The van der Waals surface area contributed by atoms with Crippen LogP contribution in [0.5, 0.6) is 0 Å². The first kappa shape index (κ1) is 11.4. The van der Waals surface area contributed by atoms with E-state index in [9.17, 15) is 4.79 Å². The average Bonchev–Trinajstić information content (AvgIpc) is 2.03. The largest absolute Gasteiger partial charge is 0.395 e. The van der Waals surface area contributed by atoms with Gasteiger partial charge in [-0.05, 0) is 6.92 Å². The molecule has 0 fully saturated rings. The Morgan fingerprint density at radius 2 is 2.33 bits per heavy atom. The summed E-state index contributed by atoms with van der Waals surface area (Å²) in [7, 11) is 1.53. The van der Waals surface area contributed by atoms with E-state index in [-0.39, 0.29) is 12.6 Å². The molecule has 0 spiro atoms. The van der Waals surface area contributed by atoms with Gasteiger partial charge in [-0.3, -0.25) is 10.1 Å². The van der Waals surface area contributed by atoms with Crippen molar-refractivity contribution < 1.29 is 14.6 Å². The second-order valence-electron chi connectivity index (χ2n) is 2.63. The second kappa shape index (κ2) is 5.93. The quantitative estimate of drug-likeness (QED) is 0.458.